The molecule has 1 fully saturated rings. The third kappa shape index (κ3) is 4.30. The number of rotatable bonds is 4. The van der Waals surface area contributed by atoms with E-state index in [1.807, 2.05) is 11.3 Å². The average Bonchev–Trinajstić information content (AvgIpc) is 2.92. The number of hydrogen-bond acceptors (Lipinski definition) is 3. The molecule has 1 heterocycles. The number of aliphatic hydroxyl groups excluding tert-OH is 1. The Morgan fingerprint density at radius 1 is 1.38 bits per heavy atom. The zero-order valence-corrected chi connectivity index (χ0v) is 15.0. The van der Waals surface area contributed by atoms with E-state index in [-0.39, 0.29) is 6.10 Å². The highest BCUT2D eigenvalue weighted by atomic mass is 32.1. The Kier molecular flexibility index (Phi) is 5.50. The molecule has 0 spiro atoms. The fraction of sp³-hybridized carbons (Fsp3) is 0.778. The molecule has 0 aliphatic heterocycles. The van der Waals surface area contributed by atoms with Crippen LogP contribution >= 0.6 is 11.3 Å². The van der Waals surface area contributed by atoms with Gasteiger partial charge in [0, 0.05) is 17.5 Å². The first-order valence-electron chi connectivity index (χ1n) is 8.20. The summed E-state index contributed by atoms with van der Waals surface area (Å²) >= 11 is 1.82. The predicted molar refractivity (Wildman–Crippen MR) is 91.7 cm³/mol. The summed E-state index contributed by atoms with van der Waals surface area (Å²) in [6, 6.07) is 4.77. The van der Waals surface area contributed by atoms with E-state index in [9.17, 15) is 5.11 Å². The minimum Gasteiger partial charge on any atom is -0.393 e. The van der Waals surface area contributed by atoms with Gasteiger partial charge in [-0.2, -0.15) is 0 Å². The quantitative estimate of drug-likeness (QED) is 0.881. The first-order valence-corrected chi connectivity index (χ1v) is 9.08. The maximum absolute atomic E-state index is 10.4. The second kappa shape index (κ2) is 6.80. The Bertz CT molecular complexity index is 423. The molecule has 1 aromatic rings. The van der Waals surface area contributed by atoms with Crippen LogP contribution in [0.15, 0.2) is 17.5 Å². The van der Waals surface area contributed by atoms with Gasteiger partial charge in [0.1, 0.15) is 0 Å². The standard InChI is InChI=1S/C18H31NOS/c1-13(17-7-6-10-21-17)19(5)12-14-11-15(18(2,3)4)8-9-16(14)20/h6-7,10,13-16,20H,8-9,11-12H2,1-5H3. The molecule has 4 atom stereocenters. The maximum atomic E-state index is 10.4. The predicted octanol–water partition coefficient (Wildman–Crippen LogP) is 4.56. The van der Waals surface area contributed by atoms with E-state index in [1.54, 1.807) is 0 Å². The van der Waals surface area contributed by atoms with Crippen molar-refractivity contribution in [2.75, 3.05) is 13.6 Å². The molecule has 0 amide bonds. The Hall–Kier alpha value is -0.380. The van der Waals surface area contributed by atoms with Crippen molar-refractivity contribution in [3.05, 3.63) is 22.4 Å². The summed E-state index contributed by atoms with van der Waals surface area (Å²) in [4.78, 5) is 3.82. The molecule has 120 valence electrons. The molecule has 1 aromatic heterocycles. The molecule has 4 unspecified atom stereocenters. The van der Waals surface area contributed by atoms with E-state index in [0.29, 0.717) is 17.4 Å². The monoisotopic (exact) mass is 309 g/mol. The maximum Gasteiger partial charge on any atom is 0.0580 e. The highest BCUT2D eigenvalue weighted by Gasteiger charge is 2.35. The minimum absolute atomic E-state index is 0.124. The minimum atomic E-state index is -0.124. The van der Waals surface area contributed by atoms with Gasteiger partial charge in [-0.1, -0.05) is 26.8 Å². The van der Waals surface area contributed by atoms with E-state index in [2.05, 4.69) is 57.2 Å². The van der Waals surface area contributed by atoms with Crippen LogP contribution in [0.4, 0.5) is 0 Å². The Morgan fingerprint density at radius 2 is 2.10 bits per heavy atom. The summed E-state index contributed by atoms with van der Waals surface area (Å²) in [5, 5.41) is 12.5. The molecule has 1 N–H and O–H groups in total. The Labute approximate surface area is 134 Å². The van der Waals surface area contributed by atoms with Crippen LogP contribution in [0.25, 0.3) is 0 Å². The van der Waals surface area contributed by atoms with Gasteiger partial charge in [0.25, 0.3) is 0 Å². The van der Waals surface area contributed by atoms with Gasteiger partial charge in [-0.05, 0) is 61.9 Å². The molecule has 1 aliphatic rings. The van der Waals surface area contributed by atoms with Crippen molar-refractivity contribution >= 4 is 11.3 Å². The zero-order valence-electron chi connectivity index (χ0n) is 14.2. The van der Waals surface area contributed by atoms with Crippen LogP contribution in [-0.4, -0.2) is 29.7 Å². The lowest BCUT2D eigenvalue weighted by Gasteiger charge is -2.42. The summed E-state index contributed by atoms with van der Waals surface area (Å²) in [5.41, 5.74) is 0.357. The first-order chi connectivity index (χ1) is 9.79. The highest BCUT2D eigenvalue weighted by molar-refractivity contribution is 7.10. The summed E-state index contributed by atoms with van der Waals surface area (Å²) in [6.45, 7) is 10.3. The summed E-state index contributed by atoms with van der Waals surface area (Å²) in [6.07, 6.45) is 3.17. The van der Waals surface area contributed by atoms with Gasteiger partial charge in [-0.3, -0.25) is 4.90 Å². The van der Waals surface area contributed by atoms with Gasteiger partial charge in [-0.15, -0.1) is 11.3 Å². The van der Waals surface area contributed by atoms with Crippen molar-refractivity contribution in [3.8, 4) is 0 Å². The fourth-order valence-electron chi connectivity index (χ4n) is 3.51. The van der Waals surface area contributed by atoms with Crippen molar-refractivity contribution in [2.45, 2.75) is 59.1 Å². The number of hydrogen-bond donors (Lipinski definition) is 1. The van der Waals surface area contributed by atoms with E-state index in [0.717, 1.165) is 25.3 Å². The lowest BCUT2D eigenvalue weighted by molar-refractivity contribution is 0.00225. The van der Waals surface area contributed by atoms with Crippen molar-refractivity contribution in [1.82, 2.24) is 4.90 Å². The van der Waals surface area contributed by atoms with Gasteiger partial charge < -0.3 is 5.11 Å². The Morgan fingerprint density at radius 3 is 2.67 bits per heavy atom. The van der Waals surface area contributed by atoms with E-state index in [1.165, 1.54) is 11.3 Å². The lowest BCUT2D eigenvalue weighted by Crippen LogP contribution is -2.40. The molecule has 0 saturated heterocycles. The Balaban J connectivity index is 1.96. The molecule has 3 heteroatoms. The summed E-state index contributed by atoms with van der Waals surface area (Å²) in [5.74, 6) is 1.15. The van der Waals surface area contributed by atoms with Gasteiger partial charge >= 0.3 is 0 Å². The summed E-state index contributed by atoms with van der Waals surface area (Å²) in [7, 11) is 2.19. The van der Waals surface area contributed by atoms with Gasteiger partial charge in [-0.25, -0.2) is 0 Å². The number of aliphatic hydroxyl groups is 1. The molecule has 1 aliphatic carbocycles. The van der Waals surface area contributed by atoms with Crippen molar-refractivity contribution in [1.29, 1.82) is 0 Å². The van der Waals surface area contributed by atoms with Crippen molar-refractivity contribution in [3.63, 3.8) is 0 Å². The fourth-order valence-corrected chi connectivity index (χ4v) is 4.35. The molecule has 0 bridgehead atoms. The topological polar surface area (TPSA) is 23.5 Å². The molecular weight excluding hydrogens is 278 g/mol. The largest absolute Gasteiger partial charge is 0.393 e. The molecule has 21 heavy (non-hydrogen) atoms. The number of nitrogens with zero attached hydrogens (tertiary/aromatic N) is 1. The van der Waals surface area contributed by atoms with Crippen LogP contribution in [0.2, 0.25) is 0 Å². The molecule has 1 saturated carbocycles. The van der Waals surface area contributed by atoms with Crippen LogP contribution in [0.5, 0.6) is 0 Å². The molecule has 0 radical (unpaired) electrons. The number of thiophene rings is 1. The van der Waals surface area contributed by atoms with Crippen LogP contribution in [0, 0.1) is 17.3 Å². The van der Waals surface area contributed by atoms with E-state index in [4.69, 9.17) is 0 Å². The van der Waals surface area contributed by atoms with Crippen LogP contribution in [-0.2, 0) is 0 Å². The smallest absolute Gasteiger partial charge is 0.0580 e. The first kappa shape index (κ1) is 17.0. The van der Waals surface area contributed by atoms with E-state index < -0.39 is 0 Å². The van der Waals surface area contributed by atoms with Crippen LogP contribution in [0.3, 0.4) is 0 Å². The van der Waals surface area contributed by atoms with Crippen molar-refractivity contribution < 1.29 is 5.11 Å². The molecule has 2 nitrogen and oxygen atoms in total. The van der Waals surface area contributed by atoms with Crippen LogP contribution < -0.4 is 0 Å². The van der Waals surface area contributed by atoms with Gasteiger partial charge in [0.05, 0.1) is 6.10 Å². The lowest BCUT2D eigenvalue weighted by atomic mass is 9.68. The third-order valence-corrected chi connectivity index (χ3v) is 6.35. The average molecular weight is 310 g/mol. The molecular formula is C18H31NOS. The zero-order chi connectivity index (χ0) is 15.6. The van der Waals surface area contributed by atoms with Gasteiger partial charge in [0.2, 0.25) is 0 Å². The van der Waals surface area contributed by atoms with Crippen molar-refractivity contribution in [2.24, 2.45) is 17.3 Å². The normalized spacial score (nSPS) is 28.8. The second-order valence-corrected chi connectivity index (χ2v) is 8.81. The summed E-state index contributed by atoms with van der Waals surface area (Å²) < 4.78 is 0. The molecule has 2 rings (SSSR count). The SMILES string of the molecule is CC(c1cccs1)N(C)CC1CC(C(C)(C)C)CCC1O. The highest BCUT2D eigenvalue weighted by Crippen LogP contribution is 2.41. The second-order valence-electron chi connectivity index (χ2n) is 7.83. The third-order valence-electron chi connectivity index (χ3n) is 5.31. The molecule has 0 aromatic carbocycles. The van der Waals surface area contributed by atoms with Gasteiger partial charge in [0.15, 0.2) is 0 Å². The van der Waals surface area contributed by atoms with E-state index >= 15 is 0 Å². The van der Waals surface area contributed by atoms with Crippen LogP contribution in [0.1, 0.15) is 57.9 Å².